The van der Waals surface area contributed by atoms with Crippen LogP contribution in [0.4, 0.5) is 5.69 Å². The summed E-state index contributed by atoms with van der Waals surface area (Å²) in [5.74, 6) is -0.625. The van der Waals surface area contributed by atoms with Crippen molar-refractivity contribution >= 4 is 27.5 Å². The SMILES string of the molecule is COc1cccc(NC(=O)C2CCN(S(=O)(=O)c3ccccc3C(N)=O)CC2)c1. The van der Waals surface area contributed by atoms with Crippen molar-refractivity contribution in [2.45, 2.75) is 17.7 Å². The molecule has 0 atom stereocenters. The topological polar surface area (TPSA) is 119 Å². The summed E-state index contributed by atoms with van der Waals surface area (Å²) in [6.45, 7) is 0.372. The van der Waals surface area contributed by atoms with Crippen molar-refractivity contribution in [3.8, 4) is 5.75 Å². The summed E-state index contributed by atoms with van der Waals surface area (Å²) < 4.78 is 32.3. The van der Waals surface area contributed by atoms with Crippen LogP contribution in [-0.4, -0.2) is 44.7 Å². The third-order valence-electron chi connectivity index (χ3n) is 4.93. The number of hydrogen-bond acceptors (Lipinski definition) is 5. The van der Waals surface area contributed by atoms with E-state index >= 15 is 0 Å². The van der Waals surface area contributed by atoms with Crippen molar-refractivity contribution in [2.24, 2.45) is 11.7 Å². The van der Waals surface area contributed by atoms with E-state index in [0.717, 1.165) is 0 Å². The summed E-state index contributed by atoms with van der Waals surface area (Å²) in [7, 11) is -2.32. The second kappa shape index (κ2) is 8.62. The normalized spacial score (nSPS) is 15.6. The molecule has 154 valence electrons. The fraction of sp³-hybridized carbons (Fsp3) is 0.300. The summed E-state index contributed by atoms with van der Waals surface area (Å²) in [6.07, 6.45) is 0.765. The van der Waals surface area contributed by atoms with Crippen molar-refractivity contribution in [1.82, 2.24) is 4.31 Å². The van der Waals surface area contributed by atoms with Crippen LogP contribution in [0.5, 0.6) is 5.75 Å². The Kier molecular flexibility index (Phi) is 6.19. The molecule has 1 heterocycles. The van der Waals surface area contributed by atoms with Crippen molar-refractivity contribution in [3.63, 3.8) is 0 Å². The van der Waals surface area contributed by atoms with Gasteiger partial charge in [-0.15, -0.1) is 0 Å². The van der Waals surface area contributed by atoms with E-state index in [1.54, 1.807) is 43.5 Å². The highest BCUT2D eigenvalue weighted by Gasteiger charge is 2.33. The smallest absolute Gasteiger partial charge is 0.250 e. The van der Waals surface area contributed by atoms with Gasteiger partial charge >= 0.3 is 0 Å². The van der Waals surface area contributed by atoms with Gasteiger partial charge in [-0.1, -0.05) is 18.2 Å². The van der Waals surface area contributed by atoms with E-state index in [0.29, 0.717) is 24.3 Å². The number of piperidine rings is 1. The van der Waals surface area contributed by atoms with Crippen molar-refractivity contribution in [3.05, 3.63) is 54.1 Å². The minimum Gasteiger partial charge on any atom is -0.497 e. The van der Waals surface area contributed by atoms with Crippen molar-refractivity contribution in [1.29, 1.82) is 0 Å². The molecule has 3 N–H and O–H groups in total. The first-order valence-corrected chi connectivity index (χ1v) is 10.6. The van der Waals surface area contributed by atoms with Crippen LogP contribution in [-0.2, 0) is 14.8 Å². The number of nitrogens with zero attached hydrogens (tertiary/aromatic N) is 1. The number of ether oxygens (including phenoxy) is 1. The maximum Gasteiger partial charge on any atom is 0.250 e. The summed E-state index contributed by atoms with van der Waals surface area (Å²) in [5, 5.41) is 2.85. The van der Waals surface area contributed by atoms with Gasteiger partial charge in [-0.05, 0) is 37.1 Å². The van der Waals surface area contributed by atoms with Crippen molar-refractivity contribution < 1.29 is 22.7 Å². The molecular weight excluding hydrogens is 394 g/mol. The molecule has 0 aliphatic carbocycles. The Labute approximate surface area is 169 Å². The van der Waals surface area contributed by atoms with Gasteiger partial charge in [-0.25, -0.2) is 8.42 Å². The minimum absolute atomic E-state index is 0.0367. The quantitative estimate of drug-likeness (QED) is 0.743. The zero-order chi connectivity index (χ0) is 21.0. The lowest BCUT2D eigenvalue weighted by atomic mass is 9.97. The summed E-state index contributed by atoms with van der Waals surface area (Å²) in [6, 6.07) is 12.9. The van der Waals surface area contributed by atoms with Crippen LogP contribution in [0.2, 0.25) is 0 Å². The Morgan fingerprint density at radius 1 is 1.10 bits per heavy atom. The van der Waals surface area contributed by atoms with Crippen molar-refractivity contribution in [2.75, 3.05) is 25.5 Å². The number of sulfonamides is 1. The fourth-order valence-electron chi connectivity index (χ4n) is 3.34. The molecule has 1 fully saturated rings. The first kappa shape index (κ1) is 20.8. The van der Waals surface area contributed by atoms with Gasteiger partial charge in [0, 0.05) is 30.8 Å². The number of carbonyl (C=O) groups excluding carboxylic acids is 2. The van der Waals surface area contributed by atoms with E-state index in [1.807, 2.05) is 0 Å². The molecule has 1 saturated heterocycles. The lowest BCUT2D eigenvalue weighted by molar-refractivity contribution is -0.120. The maximum absolute atomic E-state index is 13.0. The number of primary amides is 1. The van der Waals surface area contributed by atoms with E-state index < -0.39 is 15.9 Å². The van der Waals surface area contributed by atoms with Gasteiger partial charge in [-0.2, -0.15) is 4.31 Å². The Balaban J connectivity index is 1.67. The zero-order valence-corrected chi connectivity index (χ0v) is 16.8. The van der Waals surface area contributed by atoms with Crippen LogP contribution >= 0.6 is 0 Å². The van der Waals surface area contributed by atoms with E-state index in [1.165, 1.54) is 16.4 Å². The molecule has 1 aliphatic rings. The Morgan fingerprint density at radius 2 is 1.79 bits per heavy atom. The highest BCUT2D eigenvalue weighted by molar-refractivity contribution is 7.89. The van der Waals surface area contributed by atoms with Crippen LogP contribution in [0.25, 0.3) is 0 Å². The first-order chi connectivity index (χ1) is 13.8. The first-order valence-electron chi connectivity index (χ1n) is 9.17. The van der Waals surface area contributed by atoms with E-state index in [4.69, 9.17) is 10.5 Å². The maximum atomic E-state index is 13.0. The van der Waals surface area contributed by atoms with Gasteiger partial charge in [0.15, 0.2) is 0 Å². The van der Waals surface area contributed by atoms with Gasteiger partial charge in [0.2, 0.25) is 21.8 Å². The summed E-state index contributed by atoms with van der Waals surface area (Å²) in [4.78, 5) is 24.0. The number of rotatable bonds is 6. The second-order valence-electron chi connectivity index (χ2n) is 6.76. The molecule has 0 aromatic heterocycles. The number of amides is 2. The summed E-state index contributed by atoms with van der Waals surface area (Å²) >= 11 is 0. The Morgan fingerprint density at radius 3 is 2.45 bits per heavy atom. The fourth-order valence-corrected chi connectivity index (χ4v) is 5.00. The molecule has 2 aromatic rings. The number of benzene rings is 2. The van der Waals surface area contributed by atoms with Crippen LogP contribution in [0.1, 0.15) is 23.2 Å². The predicted molar refractivity (Wildman–Crippen MR) is 108 cm³/mol. The summed E-state index contributed by atoms with van der Waals surface area (Å²) in [5.41, 5.74) is 5.90. The highest BCUT2D eigenvalue weighted by Crippen LogP contribution is 2.27. The number of hydrogen-bond donors (Lipinski definition) is 2. The second-order valence-corrected chi connectivity index (χ2v) is 8.67. The molecular formula is C20H23N3O5S. The average molecular weight is 417 g/mol. The number of nitrogens with one attached hydrogen (secondary N) is 1. The highest BCUT2D eigenvalue weighted by atomic mass is 32.2. The van der Waals surface area contributed by atoms with Crippen LogP contribution in [0, 0.1) is 5.92 Å². The molecule has 2 aromatic carbocycles. The third kappa shape index (κ3) is 4.57. The molecule has 0 bridgehead atoms. The molecule has 1 aliphatic heterocycles. The van der Waals surface area contributed by atoms with Crippen LogP contribution in [0.15, 0.2) is 53.4 Å². The molecule has 29 heavy (non-hydrogen) atoms. The molecule has 0 saturated carbocycles. The molecule has 9 heteroatoms. The zero-order valence-electron chi connectivity index (χ0n) is 16.0. The standard InChI is InChI=1S/C20H23N3O5S/c1-28-16-6-4-5-15(13-16)22-20(25)14-9-11-23(12-10-14)29(26,27)18-8-3-2-7-17(18)19(21)24/h2-8,13-14H,9-12H2,1H3,(H2,21,24)(H,22,25). The minimum atomic E-state index is -3.87. The van der Waals surface area contributed by atoms with Gasteiger partial charge in [0.05, 0.1) is 17.6 Å². The number of methoxy groups -OCH3 is 1. The molecule has 8 nitrogen and oxygen atoms in total. The number of carbonyl (C=O) groups is 2. The lowest BCUT2D eigenvalue weighted by Gasteiger charge is -2.31. The van der Waals surface area contributed by atoms with Gasteiger partial charge < -0.3 is 15.8 Å². The predicted octanol–water partition coefficient (Wildman–Crippen LogP) is 1.83. The monoisotopic (exact) mass is 417 g/mol. The Bertz CT molecular complexity index is 1010. The molecule has 0 spiro atoms. The van der Waals surface area contributed by atoms with Gasteiger partial charge in [-0.3, -0.25) is 9.59 Å². The average Bonchev–Trinajstić information content (AvgIpc) is 2.74. The van der Waals surface area contributed by atoms with Gasteiger partial charge in [0.1, 0.15) is 5.75 Å². The number of anilines is 1. The molecule has 3 rings (SSSR count). The van der Waals surface area contributed by atoms with Crippen LogP contribution in [0.3, 0.4) is 0 Å². The third-order valence-corrected chi connectivity index (χ3v) is 6.89. The lowest BCUT2D eigenvalue weighted by Crippen LogP contribution is -2.41. The van der Waals surface area contributed by atoms with E-state index in [2.05, 4.69) is 5.32 Å². The molecule has 0 radical (unpaired) electrons. The van der Waals surface area contributed by atoms with Crippen LogP contribution < -0.4 is 15.8 Å². The molecule has 2 amide bonds. The van der Waals surface area contributed by atoms with E-state index in [-0.39, 0.29) is 35.4 Å². The Hall–Kier alpha value is -2.91. The van der Waals surface area contributed by atoms with Gasteiger partial charge in [0.25, 0.3) is 0 Å². The largest absolute Gasteiger partial charge is 0.497 e. The van der Waals surface area contributed by atoms with E-state index in [9.17, 15) is 18.0 Å². The number of nitrogens with two attached hydrogens (primary N) is 1. The molecule has 0 unspecified atom stereocenters.